The van der Waals surface area contributed by atoms with Gasteiger partial charge < -0.3 is 175 Å². The van der Waals surface area contributed by atoms with Crippen molar-refractivity contribution in [3.8, 4) is 0 Å². The summed E-state index contributed by atoms with van der Waals surface area (Å²) in [5.74, 6) is -2.49. The largest absolute Gasteiger partial charge is 0.394 e. The molecule has 0 spiro atoms. The topological polar surface area (TPSA) is 592 Å². The average Bonchev–Trinajstić information content (AvgIpc) is 0.861. The second kappa shape index (κ2) is 30.5. The standard InChI is InChI=1S/C48H81N3O35/c1-11-24(61)30(67)33(70)45(74-11)84-39-23(51-14(4)60)44(80-20(10-57)38(39)83-46-34(71)31(68)25(62)15(5-52)76-46)86-41-32(69)26(63)16(6-53)78-48(41)85-40-27(64)17(7-54)77-47(35(40)72)82-37-19(9-56)79-43(22(29(37)66)50-13(3)59)81-36-18(8-55)75-42(73)21(28(36)65)49-12(2)58/h11,15-48,52-57,61-73H,5-10H2,1-4H3,(H,49,58)(H,50,59)(H,51,60)/t11-,15+,16+,17+,18+,19+,20+,21+,22+,23+,24+,25-,26+,27+,28+,29+,30+,31-,32-,33-,34+,35-,36+,37+,38+,39+,40-,41-,42+,43-,44-,45-,46-,47-,48+/m0/s1. The Balaban J connectivity index is 1.18. The zero-order valence-corrected chi connectivity index (χ0v) is 46.5. The maximum absolute atomic E-state index is 13.2. The van der Waals surface area contributed by atoms with Crippen molar-refractivity contribution >= 4 is 17.7 Å². The Morgan fingerprint density at radius 1 is 0.302 bits per heavy atom. The molecule has 0 radical (unpaired) electrons. The van der Waals surface area contributed by atoms with Crippen LogP contribution in [0.3, 0.4) is 0 Å². The molecule has 7 fully saturated rings. The van der Waals surface area contributed by atoms with Gasteiger partial charge in [-0.2, -0.15) is 0 Å². The number of ether oxygens (including phenoxy) is 13. The fraction of sp³-hybridized carbons (Fsp3) is 0.938. The van der Waals surface area contributed by atoms with Crippen molar-refractivity contribution in [2.75, 3.05) is 39.6 Å². The molecule has 7 saturated heterocycles. The van der Waals surface area contributed by atoms with E-state index in [1.165, 1.54) is 6.92 Å². The molecule has 35 atom stereocenters. The Morgan fingerprint density at radius 2 is 0.651 bits per heavy atom. The number of nitrogens with one attached hydrogen (secondary N) is 3. The van der Waals surface area contributed by atoms with Gasteiger partial charge >= 0.3 is 0 Å². The highest BCUT2D eigenvalue weighted by Crippen LogP contribution is 2.39. The second-order valence-electron chi connectivity index (χ2n) is 21.8. The molecule has 7 rings (SSSR count). The molecule has 0 bridgehead atoms. The van der Waals surface area contributed by atoms with Crippen LogP contribution in [-0.4, -0.2) is 369 Å². The van der Waals surface area contributed by atoms with Gasteiger partial charge in [-0.3, -0.25) is 14.4 Å². The molecule has 7 heterocycles. The minimum atomic E-state index is -2.33. The number of amides is 3. The third-order valence-electron chi connectivity index (χ3n) is 15.7. The minimum absolute atomic E-state index is 0.724. The molecule has 0 aromatic heterocycles. The van der Waals surface area contributed by atoms with Gasteiger partial charge in [0.1, 0.15) is 165 Å². The maximum atomic E-state index is 13.2. The lowest BCUT2D eigenvalue weighted by atomic mass is 9.93. The number of rotatable bonds is 21. The molecule has 38 heteroatoms. The molecule has 498 valence electrons. The average molecular weight is 1260 g/mol. The molecule has 0 unspecified atom stereocenters. The summed E-state index contributed by atoms with van der Waals surface area (Å²) in [6, 6.07) is -5.21. The Kier molecular flexibility index (Phi) is 25.0. The summed E-state index contributed by atoms with van der Waals surface area (Å²) in [6.07, 6.45) is -62.4. The first kappa shape index (κ1) is 70.6. The van der Waals surface area contributed by atoms with Crippen LogP contribution < -0.4 is 16.0 Å². The number of aliphatic hydroxyl groups excluding tert-OH is 19. The van der Waals surface area contributed by atoms with Gasteiger partial charge in [0, 0.05) is 20.8 Å². The predicted molar refractivity (Wildman–Crippen MR) is 265 cm³/mol. The van der Waals surface area contributed by atoms with E-state index >= 15 is 0 Å². The van der Waals surface area contributed by atoms with Gasteiger partial charge in [0.15, 0.2) is 44.0 Å². The predicted octanol–water partition coefficient (Wildman–Crippen LogP) is -14.8. The van der Waals surface area contributed by atoms with Gasteiger partial charge in [-0.1, -0.05) is 0 Å². The van der Waals surface area contributed by atoms with Gasteiger partial charge in [0.05, 0.1) is 45.7 Å². The highest BCUT2D eigenvalue weighted by molar-refractivity contribution is 5.74. The summed E-state index contributed by atoms with van der Waals surface area (Å²) >= 11 is 0. The van der Waals surface area contributed by atoms with E-state index in [1.807, 2.05) is 0 Å². The highest BCUT2D eigenvalue weighted by atomic mass is 16.8. The van der Waals surface area contributed by atoms with Crippen LogP contribution in [0, 0.1) is 0 Å². The molecule has 7 aliphatic heterocycles. The van der Waals surface area contributed by atoms with Crippen LogP contribution >= 0.6 is 0 Å². The van der Waals surface area contributed by atoms with Crippen molar-refractivity contribution in [2.24, 2.45) is 0 Å². The lowest BCUT2D eigenvalue weighted by Gasteiger charge is -2.52. The molecule has 0 aromatic rings. The molecule has 38 nitrogen and oxygen atoms in total. The first-order valence-electron chi connectivity index (χ1n) is 27.5. The fourth-order valence-corrected chi connectivity index (χ4v) is 11.1. The van der Waals surface area contributed by atoms with E-state index in [0.29, 0.717) is 0 Å². The second-order valence-corrected chi connectivity index (χ2v) is 21.8. The summed E-state index contributed by atoms with van der Waals surface area (Å²) in [6.45, 7) is -1.89. The molecular weight excluding hydrogens is 1180 g/mol. The number of hydrogen-bond donors (Lipinski definition) is 22. The molecule has 3 amide bonds. The first-order chi connectivity index (χ1) is 40.6. The van der Waals surface area contributed by atoms with E-state index in [0.717, 1.165) is 20.8 Å². The van der Waals surface area contributed by atoms with Crippen molar-refractivity contribution in [3.05, 3.63) is 0 Å². The molecule has 0 aromatic carbocycles. The Morgan fingerprint density at radius 3 is 1.19 bits per heavy atom. The van der Waals surface area contributed by atoms with E-state index < -0.39 is 272 Å². The lowest BCUT2D eigenvalue weighted by molar-refractivity contribution is -0.401. The quantitative estimate of drug-likeness (QED) is 0.0507. The van der Waals surface area contributed by atoms with E-state index in [9.17, 15) is 111 Å². The zero-order valence-electron chi connectivity index (χ0n) is 46.5. The monoisotopic (exact) mass is 1260 g/mol. The van der Waals surface area contributed by atoms with Gasteiger partial charge in [0.2, 0.25) is 17.7 Å². The molecule has 7 aliphatic rings. The van der Waals surface area contributed by atoms with Crippen molar-refractivity contribution in [2.45, 2.75) is 242 Å². The van der Waals surface area contributed by atoms with Crippen LogP contribution in [0.4, 0.5) is 0 Å². The highest BCUT2D eigenvalue weighted by Gasteiger charge is 2.60. The van der Waals surface area contributed by atoms with Crippen molar-refractivity contribution < 1.29 is 173 Å². The molecule has 0 aliphatic carbocycles. The number of carbonyl (C=O) groups excluding carboxylic acids is 3. The van der Waals surface area contributed by atoms with Crippen LogP contribution in [-0.2, 0) is 76.0 Å². The third-order valence-corrected chi connectivity index (χ3v) is 15.7. The van der Waals surface area contributed by atoms with Crippen LogP contribution in [0.5, 0.6) is 0 Å². The summed E-state index contributed by atoms with van der Waals surface area (Å²) in [5, 5.41) is 214. The molecule has 86 heavy (non-hydrogen) atoms. The third kappa shape index (κ3) is 15.2. The number of carbonyl (C=O) groups is 3. The van der Waals surface area contributed by atoms with E-state index in [2.05, 4.69) is 16.0 Å². The summed E-state index contributed by atoms with van der Waals surface area (Å²) < 4.78 is 76.6. The van der Waals surface area contributed by atoms with Crippen molar-refractivity contribution in [3.63, 3.8) is 0 Å². The molecule has 22 N–H and O–H groups in total. The normalized spacial score (nSPS) is 49.4. The number of hydrogen-bond acceptors (Lipinski definition) is 35. The van der Waals surface area contributed by atoms with Gasteiger partial charge in [-0.05, 0) is 6.92 Å². The Bertz CT molecular complexity index is 2170. The summed E-state index contributed by atoms with van der Waals surface area (Å²) in [7, 11) is 0. The van der Waals surface area contributed by atoms with Crippen LogP contribution in [0.25, 0.3) is 0 Å². The Labute approximate surface area is 488 Å². The maximum Gasteiger partial charge on any atom is 0.217 e. The molecular formula is C48H81N3O35. The van der Waals surface area contributed by atoms with Crippen LogP contribution in [0.2, 0.25) is 0 Å². The Hall–Kier alpha value is -2.87. The molecule has 0 saturated carbocycles. The summed E-state index contributed by atoms with van der Waals surface area (Å²) in [4.78, 5) is 37.7. The SMILES string of the molecule is CC(=O)N[C@@H]1[C@@H](O)[C@H](O[C@@H]2O[C@H](CO)[C@@H](O[C@@H]3O[C@H](CO)[C@@H](O)[C@H](O[C@H]4O[C@H](CO)[C@@H](O)[C@H](O)[C@@H]4O[C@@H]4O[C@H](CO)[C@@H](O[C@@H]5O[C@H](CO)[C@H](O)[C@H](O)[C@H]5O)[C@H](O[C@@H]5O[C@@H](C)[C@@H](O)[C@@H](O)[C@@H]5O)[C@H]4NC(C)=O)[C@@H]3O)[C@H](O)[C@H]2NC(C)=O)[C@@H](CO)O[C@H]1O. The van der Waals surface area contributed by atoms with E-state index in [-0.39, 0.29) is 0 Å². The van der Waals surface area contributed by atoms with Crippen molar-refractivity contribution in [1.29, 1.82) is 0 Å². The smallest absolute Gasteiger partial charge is 0.217 e. The van der Waals surface area contributed by atoms with E-state index in [1.54, 1.807) is 0 Å². The van der Waals surface area contributed by atoms with Gasteiger partial charge in [-0.15, -0.1) is 0 Å². The van der Waals surface area contributed by atoms with Crippen LogP contribution in [0.1, 0.15) is 27.7 Å². The summed E-state index contributed by atoms with van der Waals surface area (Å²) in [5.41, 5.74) is 0. The minimum Gasteiger partial charge on any atom is -0.394 e. The lowest BCUT2D eigenvalue weighted by Crippen LogP contribution is -2.71. The first-order valence-corrected chi connectivity index (χ1v) is 27.5. The van der Waals surface area contributed by atoms with E-state index in [4.69, 9.17) is 61.6 Å². The number of aliphatic hydroxyl groups is 19. The van der Waals surface area contributed by atoms with Crippen LogP contribution in [0.15, 0.2) is 0 Å². The fourth-order valence-electron chi connectivity index (χ4n) is 11.1. The van der Waals surface area contributed by atoms with Gasteiger partial charge in [0.25, 0.3) is 0 Å². The van der Waals surface area contributed by atoms with Gasteiger partial charge in [-0.25, -0.2) is 0 Å². The zero-order chi connectivity index (χ0) is 63.5. The van der Waals surface area contributed by atoms with Crippen molar-refractivity contribution in [1.82, 2.24) is 16.0 Å².